The minimum atomic E-state index is -3.65. The number of hydrogen-bond donors (Lipinski definition) is 0. The van der Waals surface area contributed by atoms with Gasteiger partial charge in [-0.1, -0.05) is 18.2 Å². The van der Waals surface area contributed by atoms with E-state index in [-0.39, 0.29) is 22.5 Å². The zero-order chi connectivity index (χ0) is 22.5. The van der Waals surface area contributed by atoms with E-state index in [2.05, 4.69) is 0 Å². The molecule has 1 atom stereocenters. The van der Waals surface area contributed by atoms with Crippen LogP contribution in [0, 0.1) is 0 Å². The van der Waals surface area contributed by atoms with Gasteiger partial charge in [0.05, 0.1) is 29.5 Å². The van der Waals surface area contributed by atoms with Crippen LogP contribution in [0.2, 0.25) is 0 Å². The molecule has 2 saturated heterocycles. The van der Waals surface area contributed by atoms with E-state index >= 15 is 0 Å². The molecule has 8 nitrogen and oxygen atoms in total. The zero-order valence-corrected chi connectivity index (χ0v) is 19.2. The number of nitrogens with zero attached hydrogens (tertiary/aromatic N) is 3. The molecule has 1 unspecified atom stereocenters. The standard InChI is InChI=1S/C22H23N3O5S2/c1-2-24-19-6-4-3-5-18(19)22(21(24)27)25(20(26)15-31-22)16-7-9-17(10-8-16)32(28,29)23-11-13-30-14-12-23/h3-10H,2,11-15H2,1H3. The SMILES string of the molecule is CCN1C(=O)C2(SCC(=O)N2c2ccc(S(=O)(=O)N3CCOCC3)cc2)c2ccccc21. The Labute approximate surface area is 191 Å². The van der Waals surface area contributed by atoms with Crippen molar-refractivity contribution >= 4 is 45.0 Å². The highest BCUT2D eigenvalue weighted by atomic mass is 32.2. The molecular formula is C22H23N3O5S2. The molecule has 2 aromatic carbocycles. The molecule has 3 heterocycles. The van der Waals surface area contributed by atoms with Gasteiger partial charge in [0.15, 0.2) is 0 Å². The number of anilines is 2. The van der Waals surface area contributed by atoms with Crippen LogP contribution in [0.25, 0.3) is 0 Å². The summed E-state index contributed by atoms with van der Waals surface area (Å²) in [5.74, 6) is -0.159. The highest BCUT2D eigenvalue weighted by Gasteiger charge is 2.60. The second-order valence-electron chi connectivity index (χ2n) is 7.74. The first kappa shape index (κ1) is 21.4. The van der Waals surface area contributed by atoms with Gasteiger partial charge < -0.3 is 9.64 Å². The van der Waals surface area contributed by atoms with Gasteiger partial charge in [0.25, 0.3) is 5.91 Å². The Balaban J connectivity index is 1.54. The predicted molar refractivity (Wildman–Crippen MR) is 122 cm³/mol. The summed E-state index contributed by atoms with van der Waals surface area (Å²) in [6.45, 7) is 3.77. The zero-order valence-electron chi connectivity index (χ0n) is 17.6. The lowest BCUT2D eigenvalue weighted by atomic mass is 10.0. The molecule has 10 heteroatoms. The fraction of sp³-hybridized carbons (Fsp3) is 0.364. The van der Waals surface area contributed by atoms with Gasteiger partial charge in [0.1, 0.15) is 0 Å². The number of amides is 2. The number of benzene rings is 2. The Hall–Kier alpha value is -2.40. The maximum atomic E-state index is 13.6. The number of para-hydroxylation sites is 1. The quantitative estimate of drug-likeness (QED) is 0.675. The number of rotatable bonds is 4. The molecule has 2 amide bonds. The van der Waals surface area contributed by atoms with Crippen LogP contribution < -0.4 is 9.80 Å². The first-order valence-corrected chi connectivity index (χ1v) is 12.9. The molecule has 0 bridgehead atoms. The highest BCUT2D eigenvalue weighted by Crippen LogP contribution is 2.55. The van der Waals surface area contributed by atoms with Crippen LogP contribution in [0.1, 0.15) is 12.5 Å². The molecule has 0 radical (unpaired) electrons. The Bertz CT molecular complexity index is 1180. The lowest BCUT2D eigenvalue weighted by Gasteiger charge is -2.33. The monoisotopic (exact) mass is 473 g/mol. The van der Waals surface area contributed by atoms with Crippen molar-refractivity contribution in [2.24, 2.45) is 0 Å². The number of likely N-dealkylation sites (N-methyl/N-ethyl adjacent to an activating group) is 1. The van der Waals surface area contributed by atoms with Crippen molar-refractivity contribution in [3.8, 4) is 0 Å². The van der Waals surface area contributed by atoms with Crippen LogP contribution in [-0.4, -0.2) is 63.1 Å². The van der Waals surface area contributed by atoms with Gasteiger partial charge >= 0.3 is 0 Å². The highest BCUT2D eigenvalue weighted by molar-refractivity contribution is 8.02. The number of carbonyl (C=O) groups excluding carboxylic acids is 2. The Morgan fingerprint density at radius 1 is 1.03 bits per heavy atom. The summed E-state index contributed by atoms with van der Waals surface area (Å²) < 4.78 is 32.6. The van der Waals surface area contributed by atoms with Crippen LogP contribution in [-0.2, 0) is 29.2 Å². The molecule has 3 aliphatic rings. The third-order valence-electron chi connectivity index (χ3n) is 6.08. The van der Waals surface area contributed by atoms with E-state index in [1.807, 2.05) is 31.2 Å². The Morgan fingerprint density at radius 3 is 2.41 bits per heavy atom. The molecule has 168 valence electrons. The van der Waals surface area contributed by atoms with Crippen LogP contribution in [0.3, 0.4) is 0 Å². The fourth-order valence-corrected chi connectivity index (χ4v) is 7.34. The molecule has 2 fully saturated rings. The molecule has 3 aliphatic heterocycles. The van der Waals surface area contributed by atoms with E-state index in [1.165, 1.54) is 33.1 Å². The van der Waals surface area contributed by atoms with Crippen molar-refractivity contribution in [1.82, 2.24) is 4.31 Å². The molecule has 0 N–H and O–H groups in total. The van der Waals surface area contributed by atoms with Gasteiger partial charge in [-0.15, -0.1) is 11.8 Å². The van der Waals surface area contributed by atoms with Crippen LogP contribution in [0.4, 0.5) is 11.4 Å². The lowest BCUT2D eigenvalue weighted by Crippen LogP contribution is -2.49. The number of morpholine rings is 1. The Morgan fingerprint density at radius 2 is 1.72 bits per heavy atom. The van der Waals surface area contributed by atoms with E-state index in [0.29, 0.717) is 38.5 Å². The average molecular weight is 474 g/mol. The van der Waals surface area contributed by atoms with Crippen molar-refractivity contribution < 1.29 is 22.7 Å². The predicted octanol–water partition coefficient (Wildman–Crippen LogP) is 2.01. The van der Waals surface area contributed by atoms with Crippen LogP contribution in [0.5, 0.6) is 0 Å². The molecule has 32 heavy (non-hydrogen) atoms. The summed E-state index contributed by atoms with van der Waals surface area (Å²) in [7, 11) is -3.65. The first-order chi connectivity index (χ1) is 15.4. The number of thioether (sulfide) groups is 1. The number of fused-ring (bicyclic) bond motifs is 2. The third-order valence-corrected chi connectivity index (χ3v) is 9.38. The van der Waals surface area contributed by atoms with E-state index in [0.717, 1.165) is 11.3 Å². The van der Waals surface area contributed by atoms with Crippen molar-refractivity contribution in [2.45, 2.75) is 16.7 Å². The Kier molecular flexibility index (Phi) is 5.28. The number of ether oxygens (including phenoxy) is 1. The minimum Gasteiger partial charge on any atom is -0.379 e. The van der Waals surface area contributed by atoms with Gasteiger partial charge in [-0.25, -0.2) is 8.42 Å². The minimum absolute atomic E-state index is 0.151. The summed E-state index contributed by atoms with van der Waals surface area (Å²) in [5.41, 5.74) is 2.09. The van der Waals surface area contributed by atoms with Gasteiger partial charge in [0.2, 0.25) is 20.8 Å². The number of carbonyl (C=O) groups is 2. The summed E-state index contributed by atoms with van der Waals surface area (Å²) in [4.78, 5) is 28.8. The van der Waals surface area contributed by atoms with E-state index in [1.54, 1.807) is 17.0 Å². The summed E-state index contributed by atoms with van der Waals surface area (Å²) in [5, 5.41) is 0. The largest absolute Gasteiger partial charge is 0.379 e. The molecule has 5 rings (SSSR count). The molecule has 2 aromatic rings. The number of hydrogen-bond acceptors (Lipinski definition) is 6. The van der Waals surface area contributed by atoms with Crippen molar-refractivity contribution in [3.63, 3.8) is 0 Å². The average Bonchev–Trinajstić information content (AvgIpc) is 3.29. The number of sulfonamides is 1. The fourth-order valence-electron chi connectivity index (χ4n) is 4.57. The summed E-state index contributed by atoms with van der Waals surface area (Å²) in [6, 6.07) is 13.8. The molecule has 0 aliphatic carbocycles. The first-order valence-electron chi connectivity index (χ1n) is 10.5. The van der Waals surface area contributed by atoms with Crippen molar-refractivity contribution in [3.05, 3.63) is 54.1 Å². The lowest BCUT2D eigenvalue weighted by molar-refractivity contribution is -0.123. The molecule has 0 saturated carbocycles. The molecular weight excluding hydrogens is 450 g/mol. The third kappa shape index (κ3) is 3.01. The van der Waals surface area contributed by atoms with Gasteiger partial charge in [-0.3, -0.25) is 14.5 Å². The topological polar surface area (TPSA) is 87.2 Å². The van der Waals surface area contributed by atoms with Crippen molar-refractivity contribution in [1.29, 1.82) is 0 Å². The normalized spacial score (nSPS) is 23.9. The second kappa shape index (κ2) is 7.87. The maximum absolute atomic E-state index is 13.6. The summed E-state index contributed by atoms with van der Waals surface area (Å²) in [6.07, 6.45) is 0. The molecule has 1 spiro atoms. The van der Waals surface area contributed by atoms with Crippen LogP contribution in [0.15, 0.2) is 53.4 Å². The van der Waals surface area contributed by atoms with Gasteiger partial charge in [-0.05, 0) is 37.3 Å². The maximum Gasteiger partial charge on any atom is 0.268 e. The smallest absolute Gasteiger partial charge is 0.268 e. The van der Waals surface area contributed by atoms with E-state index < -0.39 is 14.9 Å². The molecule has 0 aromatic heterocycles. The van der Waals surface area contributed by atoms with Crippen molar-refractivity contribution in [2.75, 3.05) is 48.4 Å². The summed E-state index contributed by atoms with van der Waals surface area (Å²) >= 11 is 1.31. The van der Waals surface area contributed by atoms with Crippen LogP contribution >= 0.6 is 11.8 Å². The van der Waals surface area contributed by atoms with Gasteiger partial charge in [-0.2, -0.15) is 4.31 Å². The van der Waals surface area contributed by atoms with E-state index in [9.17, 15) is 18.0 Å². The van der Waals surface area contributed by atoms with E-state index in [4.69, 9.17) is 4.74 Å². The second-order valence-corrected chi connectivity index (χ2v) is 10.8. The van der Waals surface area contributed by atoms with Gasteiger partial charge in [0, 0.05) is 30.9 Å².